The van der Waals surface area contributed by atoms with Crippen LogP contribution in [0, 0.1) is 0 Å². The highest BCUT2D eigenvalue weighted by molar-refractivity contribution is 6.29. The summed E-state index contributed by atoms with van der Waals surface area (Å²) in [5, 5.41) is 6.80. The molecule has 0 bridgehead atoms. The van der Waals surface area contributed by atoms with Crippen molar-refractivity contribution in [3.05, 3.63) is 42.6 Å². The fourth-order valence-corrected chi connectivity index (χ4v) is 1.42. The Hall–Kier alpha value is -1.81. The topological polar surface area (TPSA) is 46.9 Å². The summed E-state index contributed by atoms with van der Waals surface area (Å²) in [4.78, 5) is 11.2. The summed E-state index contributed by atoms with van der Waals surface area (Å²) in [6, 6.07) is 11.3. The number of hydrogen-bond acceptors (Lipinski definition) is 2. The Kier molecular flexibility index (Phi) is 3.22. The Labute approximate surface area is 97.8 Å². The van der Waals surface area contributed by atoms with Crippen LogP contribution in [0.5, 0.6) is 0 Å². The van der Waals surface area contributed by atoms with Crippen molar-refractivity contribution >= 4 is 23.3 Å². The lowest BCUT2D eigenvalue weighted by Gasteiger charge is -2.07. The third-order valence-electron chi connectivity index (χ3n) is 2.03. The predicted octanol–water partition coefficient (Wildman–Crippen LogP) is 2.05. The molecule has 1 aromatic heterocycles. The fourth-order valence-electron chi connectivity index (χ4n) is 1.35. The molecule has 0 aliphatic heterocycles. The van der Waals surface area contributed by atoms with E-state index in [9.17, 15) is 4.79 Å². The third kappa shape index (κ3) is 2.23. The molecule has 82 valence electrons. The minimum Gasteiger partial charge on any atom is -0.310 e. The molecule has 2 aromatic rings. The molecule has 0 spiro atoms. The van der Waals surface area contributed by atoms with Crippen molar-refractivity contribution in [1.82, 2.24) is 9.78 Å². The van der Waals surface area contributed by atoms with Gasteiger partial charge in [0.15, 0.2) is 0 Å². The van der Waals surface area contributed by atoms with Gasteiger partial charge >= 0.3 is 0 Å². The van der Waals surface area contributed by atoms with Gasteiger partial charge in [0.2, 0.25) is 5.91 Å². The highest BCUT2D eigenvalue weighted by Crippen LogP contribution is 2.13. The SMILES string of the molecule is O=C(CCl)Nc1ccnn1-c1ccccc1. The van der Waals surface area contributed by atoms with Crippen molar-refractivity contribution in [1.29, 1.82) is 0 Å². The van der Waals surface area contributed by atoms with Crippen LogP contribution in [-0.4, -0.2) is 21.6 Å². The molecule has 1 amide bonds. The zero-order valence-corrected chi connectivity index (χ0v) is 9.19. The summed E-state index contributed by atoms with van der Waals surface area (Å²) in [6.07, 6.45) is 1.62. The number of carbonyl (C=O) groups excluding carboxylic acids is 1. The Balaban J connectivity index is 2.29. The predicted molar refractivity (Wildman–Crippen MR) is 62.9 cm³/mol. The third-order valence-corrected chi connectivity index (χ3v) is 2.28. The first kappa shape index (κ1) is 10.7. The van der Waals surface area contributed by atoms with Crippen molar-refractivity contribution in [2.75, 3.05) is 11.2 Å². The Morgan fingerprint density at radius 1 is 1.31 bits per heavy atom. The van der Waals surface area contributed by atoms with Gasteiger partial charge in [0.1, 0.15) is 11.7 Å². The molecule has 5 heteroatoms. The maximum atomic E-state index is 11.2. The number of halogens is 1. The second-order valence-electron chi connectivity index (χ2n) is 3.15. The fraction of sp³-hybridized carbons (Fsp3) is 0.0909. The molecule has 0 saturated heterocycles. The molecule has 0 fully saturated rings. The van der Waals surface area contributed by atoms with Crippen LogP contribution in [0.25, 0.3) is 5.69 Å². The second kappa shape index (κ2) is 4.81. The van der Waals surface area contributed by atoms with E-state index in [2.05, 4.69) is 10.4 Å². The number of aromatic nitrogens is 2. The number of nitrogens with one attached hydrogen (secondary N) is 1. The average Bonchev–Trinajstić information content (AvgIpc) is 2.78. The molecule has 1 heterocycles. The molecule has 4 nitrogen and oxygen atoms in total. The van der Waals surface area contributed by atoms with Gasteiger partial charge in [-0.05, 0) is 12.1 Å². The molecular formula is C11H10ClN3O. The summed E-state index contributed by atoms with van der Waals surface area (Å²) in [5.41, 5.74) is 0.886. The summed E-state index contributed by atoms with van der Waals surface area (Å²) in [5.74, 6) is 0.288. The Morgan fingerprint density at radius 2 is 2.06 bits per heavy atom. The van der Waals surface area contributed by atoms with E-state index in [1.165, 1.54) is 0 Å². The minimum atomic E-state index is -0.251. The number of anilines is 1. The largest absolute Gasteiger partial charge is 0.310 e. The molecule has 1 N–H and O–H groups in total. The van der Waals surface area contributed by atoms with E-state index in [-0.39, 0.29) is 11.8 Å². The van der Waals surface area contributed by atoms with E-state index in [4.69, 9.17) is 11.6 Å². The second-order valence-corrected chi connectivity index (χ2v) is 3.41. The highest BCUT2D eigenvalue weighted by Gasteiger charge is 2.06. The van der Waals surface area contributed by atoms with Gasteiger partial charge in [0.05, 0.1) is 11.9 Å². The molecule has 0 aliphatic rings. The number of rotatable bonds is 3. The monoisotopic (exact) mass is 235 g/mol. The summed E-state index contributed by atoms with van der Waals surface area (Å²) < 4.78 is 1.64. The van der Waals surface area contributed by atoms with E-state index in [0.29, 0.717) is 5.82 Å². The maximum Gasteiger partial charge on any atom is 0.240 e. The molecule has 0 unspecified atom stereocenters. The van der Waals surface area contributed by atoms with Gasteiger partial charge in [-0.15, -0.1) is 11.6 Å². The molecule has 0 radical (unpaired) electrons. The van der Waals surface area contributed by atoms with Gasteiger partial charge in [-0.2, -0.15) is 5.10 Å². The zero-order chi connectivity index (χ0) is 11.4. The molecule has 16 heavy (non-hydrogen) atoms. The molecule has 0 saturated carbocycles. The van der Waals surface area contributed by atoms with Gasteiger partial charge < -0.3 is 5.32 Å². The van der Waals surface area contributed by atoms with Crippen molar-refractivity contribution < 1.29 is 4.79 Å². The number of benzene rings is 1. The van der Waals surface area contributed by atoms with Gasteiger partial charge in [-0.25, -0.2) is 4.68 Å². The number of nitrogens with zero attached hydrogens (tertiary/aromatic N) is 2. The van der Waals surface area contributed by atoms with E-state index in [1.54, 1.807) is 16.9 Å². The first-order valence-electron chi connectivity index (χ1n) is 4.76. The smallest absolute Gasteiger partial charge is 0.240 e. The van der Waals surface area contributed by atoms with E-state index >= 15 is 0 Å². The van der Waals surface area contributed by atoms with Crippen molar-refractivity contribution in [3.8, 4) is 5.69 Å². The Bertz CT molecular complexity index is 481. The van der Waals surface area contributed by atoms with Crippen LogP contribution in [0.4, 0.5) is 5.82 Å². The highest BCUT2D eigenvalue weighted by atomic mass is 35.5. The lowest BCUT2D eigenvalue weighted by Crippen LogP contribution is -2.15. The summed E-state index contributed by atoms with van der Waals surface area (Å²) in [7, 11) is 0. The molecular weight excluding hydrogens is 226 g/mol. The Morgan fingerprint density at radius 3 is 2.75 bits per heavy atom. The quantitative estimate of drug-likeness (QED) is 0.828. The number of hydrogen-bond donors (Lipinski definition) is 1. The van der Waals surface area contributed by atoms with Crippen molar-refractivity contribution in [2.24, 2.45) is 0 Å². The van der Waals surface area contributed by atoms with Crippen LogP contribution in [0.15, 0.2) is 42.6 Å². The van der Waals surface area contributed by atoms with Crippen molar-refractivity contribution in [3.63, 3.8) is 0 Å². The molecule has 1 aromatic carbocycles. The van der Waals surface area contributed by atoms with Gasteiger partial charge in [-0.3, -0.25) is 4.79 Å². The van der Waals surface area contributed by atoms with Crippen LogP contribution in [-0.2, 0) is 4.79 Å². The first-order chi connectivity index (χ1) is 7.81. The van der Waals surface area contributed by atoms with Crippen LogP contribution < -0.4 is 5.32 Å². The van der Waals surface area contributed by atoms with Crippen LogP contribution in [0.1, 0.15) is 0 Å². The molecule has 0 atom stereocenters. The number of carbonyl (C=O) groups is 1. The first-order valence-corrected chi connectivity index (χ1v) is 5.30. The van der Waals surface area contributed by atoms with E-state index in [0.717, 1.165) is 5.69 Å². The van der Waals surface area contributed by atoms with E-state index < -0.39 is 0 Å². The normalized spacial score (nSPS) is 10.1. The zero-order valence-electron chi connectivity index (χ0n) is 8.43. The van der Waals surface area contributed by atoms with Gasteiger partial charge in [0.25, 0.3) is 0 Å². The lowest BCUT2D eigenvalue weighted by atomic mass is 10.3. The van der Waals surface area contributed by atoms with Crippen LogP contribution >= 0.6 is 11.6 Å². The number of amides is 1. The van der Waals surface area contributed by atoms with Crippen LogP contribution in [0.3, 0.4) is 0 Å². The van der Waals surface area contributed by atoms with Crippen molar-refractivity contribution in [2.45, 2.75) is 0 Å². The standard InChI is InChI=1S/C11H10ClN3O/c12-8-11(16)14-10-6-7-13-15(10)9-4-2-1-3-5-9/h1-7H,8H2,(H,14,16). The molecule has 2 rings (SSSR count). The van der Waals surface area contributed by atoms with Crippen LogP contribution in [0.2, 0.25) is 0 Å². The summed E-state index contributed by atoms with van der Waals surface area (Å²) in [6.45, 7) is 0. The summed E-state index contributed by atoms with van der Waals surface area (Å²) >= 11 is 5.43. The number of para-hydroxylation sites is 1. The molecule has 0 aliphatic carbocycles. The number of alkyl halides is 1. The average molecular weight is 236 g/mol. The van der Waals surface area contributed by atoms with Gasteiger partial charge in [0, 0.05) is 6.07 Å². The van der Waals surface area contributed by atoms with Gasteiger partial charge in [-0.1, -0.05) is 18.2 Å². The maximum absolute atomic E-state index is 11.2. The lowest BCUT2D eigenvalue weighted by molar-refractivity contribution is -0.113. The minimum absolute atomic E-state index is 0.0695. The van der Waals surface area contributed by atoms with E-state index in [1.807, 2.05) is 30.3 Å².